The second-order valence-corrected chi connectivity index (χ2v) is 3.85. The van der Waals surface area contributed by atoms with Crippen LogP contribution in [0.25, 0.3) is 0 Å². The van der Waals surface area contributed by atoms with Gasteiger partial charge in [0.1, 0.15) is 3.70 Å². The molecule has 1 aromatic heterocycles. The molecule has 1 heterocycles. The van der Waals surface area contributed by atoms with Gasteiger partial charge in [-0.25, -0.2) is 13.8 Å². The smallest absolute Gasteiger partial charge is 0.250 e. The molecule has 0 saturated heterocycles. The summed E-state index contributed by atoms with van der Waals surface area (Å²) >= 11 is 7.38. The summed E-state index contributed by atoms with van der Waals surface area (Å²) in [7, 11) is 0. The van der Waals surface area contributed by atoms with E-state index in [1.807, 2.05) is 0 Å². The number of aromatic nitrogens is 1. The summed E-state index contributed by atoms with van der Waals surface area (Å²) in [6.07, 6.45) is -0.946. The number of aryl methyl sites for hydroxylation is 1. The lowest BCUT2D eigenvalue weighted by molar-refractivity contribution is 0.149. The molecule has 0 N–H and O–H groups in total. The number of nitrogens with zero attached hydrogens (tertiary/aromatic N) is 1. The average Bonchev–Trinajstić information content (AvgIpc) is 2.07. The lowest BCUT2D eigenvalue weighted by atomic mass is 10.1. The van der Waals surface area contributed by atoms with Gasteiger partial charge in [-0.1, -0.05) is 0 Å². The van der Waals surface area contributed by atoms with Crippen LogP contribution in [0, 0.1) is 10.6 Å². The van der Waals surface area contributed by atoms with E-state index >= 15 is 0 Å². The average molecular weight is 318 g/mol. The molecule has 0 amide bonds. The molecule has 0 spiro atoms. The molecule has 0 aromatic carbocycles. The minimum atomic E-state index is -2.51. The van der Waals surface area contributed by atoms with Crippen molar-refractivity contribution >= 4 is 34.2 Å². The highest BCUT2D eigenvalue weighted by Gasteiger charge is 2.18. The van der Waals surface area contributed by atoms with Crippen LogP contribution in [0.4, 0.5) is 8.78 Å². The lowest BCUT2D eigenvalue weighted by Gasteiger charge is -2.10. The predicted molar refractivity (Wildman–Crippen MR) is 56.2 cm³/mol. The fourth-order valence-electron chi connectivity index (χ4n) is 1.04. The maximum atomic E-state index is 12.6. The van der Waals surface area contributed by atoms with Crippen LogP contribution in [0.1, 0.15) is 23.1 Å². The van der Waals surface area contributed by atoms with Crippen LogP contribution in [0.2, 0.25) is 0 Å². The molecule has 0 radical (unpaired) electrons. The Bertz CT molecular complexity index is 317. The summed E-state index contributed by atoms with van der Waals surface area (Å²) < 4.78 is 25.4. The number of rotatable bonds is 2. The highest BCUT2D eigenvalue weighted by atomic mass is 127. The Balaban J connectivity index is 3.35. The SMILES string of the molecule is Cc1cnc(I)c(C(F)F)c1CCl. The van der Waals surface area contributed by atoms with Crippen LogP contribution in [-0.4, -0.2) is 4.98 Å². The van der Waals surface area contributed by atoms with Crippen molar-refractivity contribution in [2.45, 2.75) is 19.2 Å². The zero-order valence-electron chi connectivity index (χ0n) is 6.82. The Morgan fingerprint density at radius 1 is 1.62 bits per heavy atom. The molecule has 1 nitrogen and oxygen atoms in total. The first kappa shape index (κ1) is 11.1. The van der Waals surface area contributed by atoms with E-state index < -0.39 is 6.43 Å². The van der Waals surface area contributed by atoms with Gasteiger partial charge in [0.15, 0.2) is 0 Å². The van der Waals surface area contributed by atoms with Crippen LogP contribution in [0.5, 0.6) is 0 Å². The fourth-order valence-corrected chi connectivity index (χ4v) is 2.09. The molecule has 0 fully saturated rings. The molecule has 13 heavy (non-hydrogen) atoms. The van der Waals surface area contributed by atoms with E-state index in [1.165, 1.54) is 0 Å². The predicted octanol–water partition coefficient (Wildman–Crippen LogP) is 3.67. The second kappa shape index (κ2) is 4.50. The number of hydrogen-bond donors (Lipinski definition) is 0. The topological polar surface area (TPSA) is 12.9 Å². The first-order chi connectivity index (χ1) is 6.07. The zero-order valence-corrected chi connectivity index (χ0v) is 9.73. The monoisotopic (exact) mass is 317 g/mol. The third-order valence-electron chi connectivity index (χ3n) is 1.75. The molecular formula is C8H7ClF2IN. The van der Waals surface area contributed by atoms with E-state index in [4.69, 9.17) is 11.6 Å². The maximum absolute atomic E-state index is 12.6. The van der Waals surface area contributed by atoms with Gasteiger partial charge in [-0.05, 0) is 40.6 Å². The Morgan fingerprint density at radius 2 is 2.23 bits per heavy atom. The quantitative estimate of drug-likeness (QED) is 0.461. The van der Waals surface area contributed by atoms with Gasteiger partial charge in [0, 0.05) is 12.1 Å². The van der Waals surface area contributed by atoms with Crippen molar-refractivity contribution in [1.29, 1.82) is 0 Å². The number of hydrogen-bond acceptors (Lipinski definition) is 1. The fraction of sp³-hybridized carbons (Fsp3) is 0.375. The molecule has 0 saturated carbocycles. The van der Waals surface area contributed by atoms with Gasteiger partial charge in [0.2, 0.25) is 0 Å². The minimum Gasteiger partial charge on any atom is -0.250 e. The summed E-state index contributed by atoms with van der Waals surface area (Å²) in [6.45, 7) is 1.73. The molecule has 1 aromatic rings. The standard InChI is InChI=1S/C8H7ClF2IN/c1-4-3-13-8(12)6(7(10)11)5(4)2-9/h3,7H,2H2,1H3. The molecule has 0 aliphatic heterocycles. The zero-order chi connectivity index (χ0) is 10.0. The van der Waals surface area contributed by atoms with Crippen LogP contribution in [0.15, 0.2) is 6.20 Å². The first-order valence-corrected chi connectivity index (χ1v) is 5.17. The molecule has 0 bridgehead atoms. The van der Waals surface area contributed by atoms with Gasteiger partial charge in [-0.15, -0.1) is 11.6 Å². The summed E-state index contributed by atoms with van der Waals surface area (Å²) in [5.74, 6) is 0.101. The van der Waals surface area contributed by atoms with E-state index in [1.54, 1.807) is 35.7 Å². The van der Waals surface area contributed by atoms with E-state index in [0.29, 0.717) is 14.8 Å². The molecular weight excluding hydrogens is 310 g/mol. The Kier molecular flexibility index (Phi) is 3.85. The van der Waals surface area contributed by atoms with Crippen LogP contribution < -0.4 is 0 Å². The summed E-state index contributed by atoms with van der Waals surface area (Å²) in [4.78, 5) is 3.86. The van der Waals surface area contributed by atoms with Gasteiger partial charge < -0.3 is 0 Å². The molecule has 5 heteroatoms. The Morgan fingerprint density at radius 3 is 2.62 bits per heavy atom. The maximum Gasteiger partial charge on any atom is 0.266 e. The molecule has 0 aliphatic rings. The Hall–Kier alpha value is 0.0300. The van der Waals surface area contributed by atoms with E-state index in [-0.39, 0.29) is 11.4 Å². The van der Waals surface area contributed by atoms with Crippen LogP contribution in [-0.2, 0) is 5.88 Å². The number of halogens is 4. The number of alkyl halides is 3. The van der Waals surface area contributed by atoms with Gasteiger partial charge in [-0.2, -0.15) is 0 Å². The summed E-state index contributed by atoms with van der Waals surface area (Å²) in [5, 5.41) is 0. The molecule has 0 atom stereocenters. The largest absolute Gasteiger partial charge is 0.266 e. The Labute approximate surface area is 93.6 Å². The number of pyridine rings is 1. The summed E-state index contributed by atoms with van der Waals surface area (Å²) in [6, 6.07) is 0. The van der Waals surface area contributed by atoms with Gasteiger partial charge >= 0.3 is 0 Å². The second-order valence-electron chi connectivity index (χ2n) is 2.56. The van der Waals surface area contributed by atoms with E-state index in [0.717, 1.165) is 0 Å². The minimum absolute atomic E-state index is 0.0319. The highest BCUT2D eigenvalue weighted by molar-refractivity contribution is 14.1. The molecule has 1 rings (SSSR count). The van der Waals surface area contributed by atoms with Crippen LogP contribution >= 0.6 is 34.2 Å². The highest BCUT2D eigenvalue weighted by Crippen LogP contribution is 2.29. The van der Waals surface area contributed by atoms with E-state index in [2.05, 4.69) is 4.98 Å². The van der Waals surface area contributed by atoms with Crippen molar-refractivity contribution in [3.63, 3.8) is 0 Å². The van der Waals surface area contributed by atoms with Gasteiger partial charge in [0.25, 0.3) is 6.43 Å². The van der Waals surface area contributed by atoms with Crippen molar-refractivity contribution in [3.05, 3.63) is 26.6 Å². The third-order valence-corrected chi connectivity index (χ3v) is 2.87. The normalized spacial score (nSPS) is 10.9. The molecule has 0 aliphatic carbocycles. The lowest BCUT2D eigenvalue weighted by Crippen LogP contribution is -2.01. The van der Waals surface area contributed by atoms with Gasteiger partial charge in [-0.3, -0.25) is 0 Å². The molecule has 72 valence electrons. The van der Waals surface area contributed by atoms with E-state index in [9.17, 15) is 8.78 Å². The van der Waals surface area contributed by atoms with Crippen molar-refractivity contribution in [1.82, 2.24) is 4.98 Å². The first-order valence-electron chi connectivity index (χ1n) is 3.56. The van der Waals surface area contributed by atoms with Crippen LogP contribution in [0.3, 0.4) is 0 Å². The van der Waals surface area contributed by atoms with Crippen molar-refractivity contribution in [2.24, 2.45) is 0 Å². The van der Waals surface area contributed by atoms with Gasteiger partial charge in [0.05, 0.1) is 5.56 Å². The molecule has 0 unspecified atom stereocenters. The third kappa shape index (κ3) is 2.28. The van der Waals surface area contributed by atoms with Crippen molar-refractivity contribution < 1.29 is 8.78 Å². The summed E-state index contributed by atoms with van der Waals surface area (Å²) in [5.41, 5.74) is 1.18. The van der Waals surface area contributed by atoms with Crippen molar-refractivity contribution in [2.75, 3.05) is 0 Å². The van der Waals surface area contributed by atoms with Crippen molar-refractivity contribution in [3.8, 4) is 0 Å².